The van der Waals surface area contributed by atoms with Gasteiger partial charge in [-0.2, -0.15) is 0 Å². The van der Waals surface area contributed by atoms with Crippen LogP contribution >= 0.6 is 11.6 Å². The minimum atomic E-state index is -1.31. The van der Waals surface area contributed by atoms with Crippen molar-refractivity contribution in [2.75, 3.05) is 0 Å². The van der Waals surface area contributed by atoms with Crippen LogP contribution in [0.5, 0.6) is 0 Å². The predicted molar refractivity (Wildman–Crippen MR) is 40.6 cm³/mol. The molecule has 0 heterocycles. The van der Waals surface area contributed by atoms with Gasteiger partial charge >= 0.3 is 0 Å². The second-order valence-electron chi connectivity index (χ2n) is 2.11. The normalized spacial score (nSPS) is 13.1. The van der Waals surface area contributed by atoms with Gasteiger partial charge in [-0.1, -0.05) is 11.6 Å². The molecule has 0 aromatic heterocycles. The maximum Gasteiger partial charge on any atom is 0.131 e. The van der Waals surface area contributed by atoms with Crippen molar-refractivity contribution in [1.29, 1.82) is 0 Å². The average Bonchev–Trinajstić information content (AvgIpc) is 1.94. The molecule has 1 aromatic rings. The zero-order valence-corrected chi connectivity index (χ0v) is 6.35. The Labute approximate surface area is 68.4 Å². The molecular weight excluding hydrogens is 169 g/mol. The van der Waals surface area contributed by atoms with Crippen LogP contribution in [0.15, 0.2) is 18.2 Å². The lowest BCUT2D eigenvalue weighted by Gasteiger charge is -2.05. The van der Waals surface area contributed by atoms with Gasteiger partial charge < -0.3 is 10.8 Å². The Balaban J connectivity index is 3.13. The zero-order valence-electron chi connectivity index (χ0n) is 5.59. The highest BCUT2D eigenvalue weighted by atomic mass is 35.5. The molecule has 11 heavy (non-hydrogen) atoms. The molecule has 0 saturated carbocycles. The van der Waals surface area contributed by atoms with E-state index in [0.717, 1.165) is 6.07 Å². The lowest BCUT2D eigenvalue weighted by atomic mass is 10.2. The number of aliphatic hydroxyl groups is 1. The number of halogens is 2. The summed E-state index contributed by atoms with van der Waals surface area (Å²) in [4.78, 5) is 0. The number of hydrogen-bond acceptors (Lipinski definition) is 2. The topological polar surface area (TPSA) is 46.2 Å². The largest absolute Gasteiger partial charge is 0.374 e. The van der Waals surface area contributed by atoms with Gasteiger partial charge in [0.15, 0.2) is 0 Å². The molecule has 4 heteroatoms. The smallest absolute Gasteiger partial charge is 0.131 e. The Morgan fingerprint density at radius 1 is 1.55 bits per heavy atom. The monoisotopic (exact) mass is 175 g/mol. The SMILES string of the molecule is NC(O)c1cc(Cl)ccc1F. The van der Waals surface area contributed by atoms with E-state index in [1.165, 1.54) is 12.1 Å². The lowest BCUT2D eigenvalue weighted by Crippen LogP contribution is -2.10. The third-order valence-electron chi connectivity index (χ3n) is 1.28. The van der Waals surface area contributed by atoms with Crippen molar-refractivity contribution in [1.82, 2.24) is 0 Å². The summed E-state index contributed by atoms with van der Waals surface area (Å²) in [5.74, 6) is -0.551. The fraction of sp³-hybridized carbons (Fsp3) is 0.143. The Hall–Kier alpha value is -0.640. The molecule has 0 bridgehead atoms. The Morgan fingerprint density at radius 2 is 2.18 bits per heavy atom. The van der Waals surface area contributed by atoms with Crippen molar-refractivity contribution in [3.05, 3.63) is 34.6 Å². The van der Waals surface area contributed by atoms with Gasteiger partial charge in [0.1, 0.15) is 12.0 Å². The predicted octanol–water partition coefficient (Wildman–Crippen LogP) is 1.43. The quantitative estimate of drug-likeness (QED) is 0.635. The second-order valence-corrected chi connectivity index (χ2v) is 2.55. The van der Waals surface area contributed by atoms with Crippen LogP contribution in [0.3, 0.4) is 0 Å². The van der Waals surface area contributed by atoms with E-state index < -0.39 is 12.0 Å². The first kappa shape index (κ1) is 8.46. The number of benzene rings is 1. The highest BCUT2D eigenvalue weighted by Gasteiger charge is 2.07. The van der Waals surface area contributed by atoms with Crippen molar-refractivity contribution in [2.24, 2.45) is 5.73 Å². The molecule has 1 rings (SSSR count). The molecule has 0 amide bonds. The molecule has 1 atom stereocenters. The fourth-order valence-electron chi connectivity index (χ4n) is 0.741. The Kier molecular flexibility index (Phi) is 2.44. The molecule has 0 spiro atoms. The highest BCUT2D eigenvalue weighted by Crippen LogP contribution is 2.17. The lowest BCUT2D eigenvalue weighted by molar-refractivity contribution is 0.181. The molecular formula is C7H7ClFNO. The van der Waals surface area contributed by atoms with E-state index in [1.54, 1.807) is 0 Å². The fourth-order valence-corrected chi connectivity index (χ4v) is 0.922. The summed E-state index contributed by atoms with van der Waals surface area (Å²) in [5, 5.41) is 9.16. The van der Waals surface area contributed by atoms with Gasteiger partial charge in [0, 0.05) is 10.6 Å². The van der Waals surface area contributed by atoms with Crippen LogP contribution in [0.2, 0.25) is 5.02 Å². The summed E-state index contributed by atoms with van der Waals surface area (Å²) in [5.41, 5.74) is 5.05. The third-order valence-corrected chi connectivity index (χ3v) is 1.51. The molecule has 1 aromatic carbocycles. The van der Waals surface area contributed by atoms with E-state index in [9.17, 15) is 4.39 Å². The van der Waals surface area contributed by atoms with Crippen LogP contribution < -0.4 is 5.73 Å². The molecule has 0 fully saturated rings. The van der Waals surface area contributed by atoms with Gasteiger partial charge in [-0.05, 0) is 18.2 Å². The molecule has 0 aliphatic rings. The average molecular weight is 176 g/mol. The van der Waals surface area contributed by atoms with Crippen LogP contribution in [0, 0.1) is 5.82 Å². The maximum absolute atomic E-state index is 12.7. The first-order valence-corrected chi connectivity index (χ1v) is 3.37. The highest BCUT2D eigenvalue weighted by molar-refractivity contribution is 6.30. The maximum atomic E-state index is 12.7. The van der Waals surface area contributed by atoms with Crippen LogP contribution in [-0.2, 0) is 0 Å². The molecule has 60 valence electrons. The van der Waals surface area contributed by atoms with Gasteiger partial charge in [-0.15, -0.1) is 0 Å². The molecule has 1 unspecified atom stereocenters. The molecule has 2 nitrogen and oxygen atoms in total. The van der Waals surface area contributed by atoms with Crippen molar-refractivity contribution < 1.29 is 9.50 Å². The molecule has 0 aliphatic heterocycles. The third kappa shape index (κ3) is 1.89. The van der Waals surface area contributed by atoms with E-state index >= 15 is 0 Å². The van der Waals surface area contributed by atoms with Gasteiger partial charge in [-0.25, -0.2) is 4.39 Å². The summed E-state index contributed by atoms with van der Waals surface area (Å²) in [6.45, 7) is 0. The summed E-state index contributed by atoms with van der Waals surface area (Å²) in [7, 11) is 0. The minimum absolute atomic E-state index is 0.0116. The number of rotatable bonds is 1. The second kappa shape index (κ2) is 3.17. The first-order valence-electron chi connectivity index (χ1n) is 3.00. The van der Waals surface area contributed by atoms with E-state index in [1.807, 2.05) is 0 Å². The van der Waals surface area contributed by atoms with Crippen molar-refractivity contribution in [3.8, 4) is 0 Å². The van der Waals surface area contributed by atoms with Crippen LogP contribution in [0.1, 0.15) is 11.8 Å². The molecule has 0 aliphatic carbocycles. The summed E-state index contributed by atoms with van der Waals surface area (Å²) < 4.78 is 12.7. The van der Waals surface area contributed by atoms with Gasteiger partial charge in [0.25, 0.3) is 0 Å². The minimum Gasteiger partial charge on any atom is -0.374 e. The van der Waals surface area contributed by atoms with E-state index in [-0.39, 0.29) is 5.56 Å². The number of hydrogen-bond donors (Lipinski definition) is 2. The summed E-state index contributed by atoms with van der Waals surface area (Å²) in [6, 6.07) is 3.85. The van der Waals surface area contributed by atoms with E-state index in [0.29, 0.717) is 5.02 Å². The number of aliphatic hydroxyl groups excluding tert-OH is 1. The van der Waals surface area contributed by atoms with Crippen LogP contribution in [0.4, 0.5) is 4.39 Å². The molecule has 0 radical (unpaired) electrons. The molecule has 0 saturated heterocycles. The number of nitrogens with two attached hydrogens (primary N) is 1. The van der Waals surface area contributed by atoms with E-state index in [2.05, 4.69) is 0 Å². The standard InChI is InChI=1S/C7H7ClFNO/c8-4-1-2-6(9)5(3-4)7(10)11/h1-3,7,11H,10H2. The van der Waals surface area contributed by atoms with Crippen molar-refractivity contribution in [2.45, 2.75) is 6.23 Å². The zero-order chi connectivity index (χ0) is 8.43. The van der Waals surface area contributed by atoms with Gasteiger partial charge in [-0.3, -0.25) is 0 Å². The van der Waals surface area contributed by atoms with Gasteiger partial charge in [0.2, 0.25) is 0 Å². The first-order chi connectivity index (χ1) is 5.11. The van der Waals surface area contributed by atoms with Crippen LogP contribution in [-0.4, -0.2) is 5.11 Å². The van der Waals surface area contributed by atoms with Crippen molar-refractivity contribution >= 4 is 11.6 Å². The van der Waals surface area contributed by atoms with Crippen LogP contribution in [0.25, 0.3) is 0 Å². The van der Waals surface area contributed by atoms with Crippen molar-refractivity contribution in [3.63, 3.8) is 0 Å². The van der Waals surface area contributed by atoms with Gasteiger partial charge in [0.05, 0.1) is 0 Å². The van der Waals surface area contributed by atoms with E-state index in [4.69, 9.17) is 22.4 Å². The summed E-state index contributed by atoms with van der Waals surface area (Å²) in [6.07, 6.45) is -1.31. The Morgan fingerprint density at radius 3 is 2.64 bits per heavy atom. The Bertz CT molecular complexity index is 265. The summed E-state index contributed by atoms with van der Waals surface area (Å²) >= 11 is 5.53. The molecule has 3 N–H and O–H groups in total.